The standard InChI is InChI=1S/C17H24N4/c1-12(2)21-15-7-3-5-13(8-9-18)16(15)17(20-21)14-6-4-10-19-11-14/h4,6,10-13H,3,5,7-9,18H2,1-2H3. The quantitative estimate of drug-likeness (QED) is 0.937. The molecule has 0 saturated carbocycles. The Morgan fingerprint density at radius 2 is 2.29 bits per heavy atom. The molecule has 1 atom stereocenters. The number of pyridine rings is 1. The molecule has 1 unspecified atom stereocenters. The van der Waals surface area contributed by atoms with E-state index in [0.29, 0.717) is 12.0 Å². The van der Waals surface area contributed by atoms with E-state index in [0.717, 1.165) is 30.6 Å². The minimum Gasteiger partial charge on any atom is -0.330 e. The molecule has 3 rings (SSSR count). The molecule has 4 nitrogen and oxygen atoms in total. The predicted molar refractivity (Wildman–Crippen MR) is 85.2 cm³/mol. The summed E-state index contributed by atoms with van der Waals surface area (Å²) in [6.45, 7) is 5.14. The van der Waals surface area contributed by atoms with Crippen LogP contribution in [0.1, 0.15) is 56.3 Å². The maximum Gasteiger partial charge on any atom is 0.0976 e. The van der Waals surface area contributed by atoms with Gasteiger partial charge < -0.3 is 5.73 Å². The van der Waals surface area contributed by atoms with Crippen molar-refractivity contribution in [1.82, 2.24) is 14.8 Å². The Kier molecular flexibility index (Phi) is 4.06. The molecule has 4 heteroatoms. The molecule has 21 heavy (non-hydrogen) atoms. The fraction of sp³-hybridized carbons (Fsp3) is 0.529. The van der Waals surface area contributed by atoms with Crippen molar-refractivity contribution in [2.75, 3.05) is 6.54 Å². The van der Waals surface area contributed by atoms with Gasteiger partial charge in [-0.3, -0.25) is 9.67 Å². The predicted octanol–water partition coefficient (Wildman–Crippen LogP) is 3.29. The first-order chi connectivity index (χ1) is 10.2. The molecule has 0 bridgehead atoms. The van der Waals surface area contributed by atoms with Crippen LogP contribution in [0.4, 0.5) is 0 Å². The van der Waals surface area contributed by atoms with Crippen LogP contribution >= 0.6 is 0 Å². The van der Waals surface area contributed by atoms with Crippen LogP contribution in [0, 0.1) is 0 Å². The summed E-state index contributed by atoms with van der Waals surface area (Å²) >= 11 is 0. The van der Waals surface area contributed by atoms with Gasteiger partial charge in [-0.2, -0.15) is 5.10 Å². The summed E-state index contributed by atoms with van der Waals surface area (Å²) in [4.78, 5) is 4.26. The van der Waals surface area contributed by atoms with Gasteiger partial charge in [-0.05, 0) is 64.1 Å². The van der Waals surface area contributed by atoms with Gasteiger partial charge in [0.05, 0.1) is 5.69 Å². The average Bonchev–Trinajstić information content (AvgIpc) is 2.89. The Morgan fingerprint density at radius 3 is 2.95 bits per heavy atom. The summed E-state index contributed by atoms with van der Waals surface area (Å²) in [5, 5.41) is 4.93. The monoisotopic (exact) mass is 284 g/mol. The van der Waals surface area contributed by atoms with Crippen LogP contribution in [0.5, 0.6) is 0 Å². The van der Waals surface area contributed by atoms with Crippen molar-refractivity contribution in [1.29, 1.82) is 0 Å². The number of fused-ring (bicyclic) bond motifs is 1. The van der Waals surface area contributed by atoms with E-state index < -0.39 is 0 Å². The third-order valence-corrected chi connectivity index (χ3v) is 4.36. The molecule has 2 heterocycles. The minimum atomic E-state index is 0.390. The molecule has 0 aliphatic heterocycles. The number of rotatable bonds is 4. The van der Waals surface area contributed by atoms with Crippen LogP contribution in [0.15, 0.2) is 24.5 Å². The van der Waals surface area contributed by atoms with Crippen molar-refractivity contribution in [3.8, 4) is 11.3 Å². The lowest BCUT2D eigenvalue weighted by Gasteiger charge is -2.24. The van der Waals surface area contributed by atoms with Gasteiger partial charge >= 0.3 is 0 Å². The second kappa shape index (κ2) is 5.98. The molecule has 0 fully saturated rings. The van der Waals surface area contributed by atoms with Gasteiger partial charge in [-0.1, -0.05) is 0 Å². The van der Waals surface area contributed by atoms with E-state index in [1.54, 1.807) is 0 Å². The van der Waals surface area contributed by atoms with Crippen molar-refractivity contribution in [3.63, 3.8) is 0 Å². The molecule has 0 aromatic carbocycles. The molecule has 1 aliphatic rings. The van der Waals surface area contributed by atoms with Crippen LogP contribution in [0.2, 0.25) is 0 Å². The Balaban J connectivity index is 2.15. The van der Waals surface area contributed by atoms with E-state index in [-0.39, 0.29) is 0 Å². The van der Waals surface area contributed by atoms with Crippen LogP contribution in [0.3, 0.4) is 0 Å². The second-order valence-electron chi connectivity index (χ2n) is 6.16. The molecule has 0 radical (unpaired) electrons. The largest absolute Gasteiger partial charge is 0.330 e. The lowest BCUT2D eigenvalue weighted by Crippen LogP contribution is -2.16. The summed E-state index contributed by atoms with van der Waals surface area (Å²) < 4.78 is 2.21. The van der Waals surface area contributed by atoms with Crippen molar-refractivity contribution in [3.05, 3.63) is 35.8 Å². The molecular formula is C17H24N4. The topological polar surface area (TPSA) is 56.7 Å². The Morgan fingerprint density at radius 1 is 1.43 bits per heavy atom. The minimum absolute atomic E-state index is 0.390. The number of nitrogens with two attached hydrogens (primary N) is 1. The summed E-state index contributed by atoms with van der Waals surface area (Å²) in [5.41, 5.74) is 10.9. The Labute approximate surface area is 126 Å². The summed E-state index contributed by atoms with van der Waals surface area (Å²) in [7, 11) is 0. The van der Waals surface area contributed by atoms with Gasteiger partial charge in [0.1, 0.15) is 0 Å². The van der Waals surface area contributed by atoms with E-state index in [1.165, 1.54) is 24.1 Å². The molecule has 2 aromatic rings. The van der Waals surface area contributed by atoms with E-state index in [2.05, 4.69) is 29.6 Å². The highest BCUT2D eigenvalue weighted by Gasteiger charge is 2.29. The smallest absolute Gasteiger partial charge is 0.0976 e. The molecule has 0 saturated heterocycles. The maximum absolute atomic E-state index is 5.83. The summed E-state index contributed by atoms with van der Waals surface area (Å²) in [5.74, 6) is 0.543. The van der Waals surface area contributed by atoms with Crippen LogP contribution in [0.25, 0.3) is 11.3 Å². The van der Waals surface area contributed by atoms with Gasteiger partial charge in [-0.25, -0.2) is 0 Å². The first-order valence-corrected chi connectivity index (χ1v) is 7.94. The Hall–Kier alpha value is -1.68. The highest BCUT2D eigenvalue weighted by Crippen LogP contribution is 2.40. The van der Waals surface area contributed by atoms with Crippen LogP contribution in [-0.4, -0.2) is 21.3 Å². The van der Waals surface area contributed by atoms with Gasteiger partial charge in [0, 0.05) is 35.3 Å². The van der Waals surface area contributed by atoms with Gasteiger partial charge in [0.2, 0.25) is 0 Å². The summed E-state index contributed by atoms with van der Waals surface area (Å²) in [6, 6.07) is 4.48. The lowest BCUT2D eigenvalue weighted by atomic mass is 9.82. The molecule has 112 valence electrons. The molecule has 2 N–H and O–H groups in total. The van der Waals surface area contributed by atoms with Gasteiger partial charge in [0.15, 0.2) is 0 Å². The third-order valence-electron chi connectivity index (χ3n) is 4.36. The zero-order chi connectivity index (χ0) is 14.8. The molecular weight excluding hydrogens is 260 g/mol. The fourth-order valence-corrected chi connectivity index (χ4v) is 3.45. The SMILES string of the molecule is CC(C)n1nc(-c2cccnc2)c2c1CCCC2CCN. The first kappa shape index (κ1) is 14.3. The second-order valence-corrected chi connectivity index (χ2v) is 6.16. The lowest BCUT2D eigenvalue weighted by molar-refractivity contribution is 0.469. The highest BCUT2D eigenvalue weighted by molar-refractivity contribution is 5.64. The number of nitrogens with zero attached hydrogens (tertiary/aromatic N) is 3. The van der Waals surface area contributed by atoms with E-state index in [4.69, 9.17) is 10.8 Å². The molecule has 1 aliphatic carbocycles. The van der Waals surface area contributed by atoms with Crippen LogP contribution in [-0.2, 0) is 6.42 Å². The number of hydrogen-bond donors (Lipinski definition) is 1. The third kappa shape index (κ3) is 2.60. The Bertz CT molecular complexity index is 601. The van der Waals surface area contributed by atoms with Crippen molar-refractivity contribution >= 4 is 0 Å². The zero-order valence-corrected chi connectivity index (χ0v) is 12.9. The van der Waals surface area contributed by atoms with Crippen molar-refractivity contribution in [2.45, 2.75) is 51.5 Å². The van der Waals surface area contributed by atoms with Gasteiger partial charge in [0.25, 0.3) is 0 Å². The summed E-state index contributed by atoms with van der Waals surface area (Å²) in [6.07, 6.45) is 8.36. The van der Waals surface area contributed by atoms with Crippen molar-refractivity contribution < 1.29 is 0 Å². The average molecular weight is 284 g/mol. The first-order valence-electron chi connectivity index (χ1n) is 7.94. The van der Waals surface area contributed by atoms with Gasteiger partial charge in [-0.15, -0.1) is 0 Å². The highest BCUT2D eigenvalue weighted by atomic mass is 15.3. The van der Waals surface area contributed by atoms with E-state index in [9.17, 15) is 0 Å². The molecule has 0 amide bonds. The van der Waals surface area contributed by atoms with E-state index in [1.807, 2.05) is 18.5 Å². The van der Waals surface area contributed by atoms with Crippen molar-refractivity contribution in [2.24, 2.45) is 5.73 Å². The van der Waals surface area contributed by atoms with E-state index >= 15 is 0 Å². The zero-order valence-electron chi connectivity index (χ0n) is 12.9. The fourth-order valence-electron chi connectivity index (χ4n) is 3.45. The number of aromatic nitrogens is 3. The molecule has 0 spiro atoms. The number of hydrogen-bond acceptors (Lipinski definition) is 3. The maximum atomic E-state index is 5.83. The normalized spacial score (nSPS) is 18.0. The molecule has 2 aromatic heterocycles. The van der Waals surface area contributed by atoms with Crippen LogP contribution < -0.4 is 5.73 Å².